The zero-order valence-electron chi connectivity index (χ0n) is 16.2. The first-order chi connectivity index (χ1) is 15.0. The predicted octanol–water partition coefficient (Wildman–Crippen LogP) is 4.92. The van der Waals surface area contributed by atoms with E-state index in [4.69, 9.17) is 4.74 Å². The summed E-state index contributed by atoms with van der Waals surface area (Å²) in [5.74, 6) is 1.03. The molecule has 0 radical (unpaired) electrons. The molecule has 0 atom stereocenters. The summed E-state index contributed by atoms with van der Waals surface area (Å²) in [6.07, 6.45) is 0. The van der Waals surface area contributed by atoms with Crippen molar-refractivity contribution in [1.82, 2.24) is 9.55 Å². The number of ether oxygens (including phenoxy) is 1. The highest BCUT2D eigenvalue weighted by atomic mass is 79.9. The SMILES string of the molecule is O=C(Cn1c(COc2ccccc2)nc2ccccc21)Nc1ccc([N+](=O)[O-])cc1Br. The average Bonchev–Trinajstić information content (AvgIpc) is 3.11. The van der Waals surface area contributed by atoms with Gasteiger partial charge in [0.1, 0.15) is 24.7 Å². The van der Waals surface area contributed by atoms with Gasteiger partial charge in [0.25, 0.3) is 5.69 Å². The molecule has 0 unspecified atom stereocenters. The maximum Gasteiger partial charge on any atom is 0.270 e. The first-order valence-electron chi connectivity index (χ1n) is 9.37. The van der Waals surface area contributed by atoms with Crippen LogP contribution in [0.4, 0.5) is 11.4 Å². The minimum Gasteiger partial charge on any atom is -0.486 e. The van der Waals surface area contributed by atoms with Gasteiger partial charge < -0.3 is 14.6 Å². The quantitative estimate of drug-likeness (QED) is 0.298. The second-order valence-electron chi connectivity index (χ2n) is 6.67. The number of amides is 1. The highest BCUT2D eigenvalue weighted by Gasteiger charge is 2.16. The summed E-state index contributed by atoms with van der Waals surface area (Å²) in [6.45, 7) is 0.213. The third kappa shape index (κ3) is 4.72. The summed E-state index contributed by atoms with van der Waals surface area (Å²) in [7, 11) is 0. The van der Waals surface area contributed by atoms with Gasteiger partial charge in [-0.2, -0.15) is 0 Å². The van der Waals surface area contributed by atoms with Crippen molar-refractivity contribution in [1.29, 1.82) is 0 Å². The molecule has 1 aromatic heterocycles. The fourth-order valence-corrected chi connectivity index (χ4v) is 3.59. The molecule has 3 aromatic carbocycles. The number of benzene rings is 3. The van der Waals surface area contributed by atoms with Crippen LogP contribution in [0.3, 0.4) is 0 Å². The van der Waals surface area contributed by atoms with Crippen LogP contribution in [0.25, 0.3) is 11.0 Å². The molecule has 0 spiro atoms. The van der Waals surface area contributed by atoms with E-state index in [9.17, 15) is 14.9 Å². The van der Waals surface area contributed by atoms with Gasteiger partial charge in [0.05, 0.1) is 21.6 Å². The standard InChI is InChI=1S/C22H17BrN4O4/c23-17-12-15(27(29)30)10-11-18(17)25-22(28)13-26-20-9-5-4-8-19(20)24-21(26)14-31-16-6-2-1-3-7-16/h1-12H,13-14H2,(H,25,28). The first kappa shape index (κ1) is 20.5. The van der Waals surface area contributed by atoms with Crippen LogP contribution in [-0.2, 0) is 17.9 Å². The third-order valence-corrected chi connectivity index (χ3v) is 5.24. The van der Waals surface area contributed by atoms with Crippen molar-refractivity contribution in [3.8, 4) is 5.75 Å². The van der Waals surface area contributed by atoms with Crippen molar-refractivity contribution in [3.05, 3.63) is 93.2 Å². The Balaban J connectivity index is 1.55. The zero-order chi connectivity index (χ0) is 21.8. The Bertz CT molecular complexity index is 1260. The van der Waals surface area contributed by atoms with Crippen LogP contribution in [0.1, 0.15) is 5.82 Å². The summed E-state index contributed by atoms with van der Waals surface area (Å²) < 4.78 is 8.06. The molecule has 31 heavy (non-hydrogen) atoms. The Morgan fingerprint density at radius 1 is 1.10 bits per heavy atom. The van der Waals surface area contributed by atoms with Gasteiger partial charge in [-0.1, -0.05) is 30.3 Å². The van der Waals surface area contributed by atoms with Gasteiger partial charge in [-0.05, 0) is 46.3 Å². The number of non-ortho nitro benzene ring substituents is 1. The van der Waals surface area contributed by atoms with E-state index in [-0.39, 0.29) is 24.7 Å². The summed E-state index contributed by atoms with van der Waals surface area (Å²) in [5.41, 5.74) is 1.96. The molecule has 0 aliphatic heterocycles. The Kier molecular flexibility index (Phi) is 5.94. The number of carbonyl (C=O) groups is 1. The van der Waals surface area contributed by atoms with Gasteiger partial charge in [0.2, 0.25) is 5.91 Å². The van der Waals surface area contributed by atoms with Crippen LogP contribution in [0.5, 0.6) is 5.75 Å². The molecule has 4 aromatic rings. The number of halogens is 1. The van der Waals surface area contributed by atoms with Crippen LogP contribution < -0.4 is 10.1 Å². The number of aromatic nitrogens is 2. The number of para-hydroxylation sites is 3. The predicted molar refractivity (Wildman–Crippen MR) is 120 cm³/mol. The van der Waals surface area contributed by atoms with Gasteiger partial charge >= 0.3 is 0 Å². The molecule has 1 amide bonds. The van der Waals surface area contributed by atoms with E-state index >= 15 is 0 Å². The third-order valence-electron chi connectivity index (χ3n) is 4.58. The van der Waals surface area contributed by atoms with E-state index in [1.165, 1.54) is 18.2 Å². The van der Waals surface area contributed by atoms with Crippen LogP contribution in [-0.4, -0.2) is 20.4 Å². The largest absolute Gasteiger partial charge is 0.486 e. The molecule has 0 fully saturated rings. The number of fused-ring (bicyclic) bond motifs is 1. The highest BCUT2D eigenvalue weighted by Crippen LogP contribution is 2.27. The van der Waals surface area contributed by atoms with E-state index in [2.05, 4.69) is 26.2 Å². The van der Waals surface area contributed by atoms with Gasteiger partial charge in [0.15, 0.2) is 0 Å². The number of nitro groups is 1. The summed E-state index contributed by atoms with van der Waals surface area (Å²) in [5, 5.41) is 13.7. The Labute approximate surface area is 185 Å². The molecular formula is C22H17BrN4O4. The molecule has 4 rings (SSSR count). The monoisotopic (exact) mass is 480 g/mol. The number of imidazole rings is 1. The Morgan fingerprint density at radius 2 is 1.84 bits per heavy atom. The maximum absolute atomic E-state index is 12.8. The highest BCUT2D eigenvalue weighted by molar-refractivity contribution is 9.10. The summed E-state index contributed by atoms with van der Waals surface area (Å²) in [4.78, 5) is 27.8. The maximum atomic E-state index is 12.8. The van der Waals surface area contributed by atoms with Crippen molar-refractivity contribution in [2.75, 3.05) is 5.32 Å². The first-order valence-corrected chi connectivity index (χ1v) is 10.2. The van der Waals surface area contributed by atoms with Crippen LogP contribution in [0.15, 0.2) is 77.3 Å². The van der Waals surface area contributed by atoms with Gasteiger partial charge in [0, 0.05) is 16.6 Å². The molecule has 0 bridgehead atoms. The molecule has 1 heterocycles. The van der Waals surface area contributed by atoms with E-state index < -0.39 is 4.92 Å². The number of nitrogens with zero attached hydrogens (tertiary/aromatic N) is 3. The number of nitro benzene ring substituents is 1. The van der Waals surface area contributed by atoms with Gasteiger partial charge in [-0.15, -0.1) is 0 Å². The van der Waals surface area contributed by atoms with Crippen molar-refractivity contribution < 1.29 is 14.5 Å². The molecular weight excluding hydrogens is 464 g/mol. The van der Waals surface area contributed by atoms with Gasteiger partial charge in [-0.3, -0.25) is 14.9 Å². The smallest absolute Gasteiger partial charge is 0.270 e. The minimum atomic E-state index is -0.493. The summed E-state index contributed by atoms with van der Waals surface area (Å²) >= 11 is 3.27. The lowest BCUT2D eigenvalue weighted by molar-refractivity contribution is -0.384. The molecule has 9 heteroatoms. The molecule has 8 nitrogen and oxygen atoms in total. The van der Waals surface area contributed by atoms with Crippen LogP contribution >= 0.6 is 15.9 Å². The van der Waals surface area contributed by atoms with Crippen molar-refractivity contribution in [2.24, 2.45) is 0 Å². The fraction of sp³-hybridized carbons (Fsp3) is 0.0909. The van der Waals surface area contributed by atoms with E-state index in [0.29, 0.717) is 21.7 Å². The number of rotatable bonds is 7. The molecule has 0 aliphatic rings. The number of nitrogens with one attached hydrogen (secondary N) is 1. The number of hydrogen-bond acceptors (Lipinski definition) is 5. The average molecular weight is 481 g/mol. The fourth-order valence-electron chi connectivity index (χ4n) is 3.13. The Morgan fingerprint density at radius 3 is 2.58 bits per heavy atom. The zero-order valence-corrected chi connectivity index (χ0v) is 17.8. The molecule has 0 saturated heterocycles. The van der Waals surface area contributed by atoms with E-state index in [0.717, 1.165) is 11.0 Å². The lowest BCUT2D eigenvalue weighted by atomic mass is 10.3. The summed E-state index contributed by atoms with van der Waals surface area (Å²) in [6, 6.07) is 21.1. The van der Waals surface area contributed by atoms with Crippen molar-refractivity contribution in [3.63, 3.8) is 0 Å². The minimum absolute atomic E-state index is 0.0113. The van der Waals surface area contributed by atoms with Crippen LogP contribution in [0.2, 0.25) is 0 Å². The number of anilines is 1. The lowest BCUT2D eigenvalue weighted by Gasteiger charge is -2.12. The van der Waals surface area contributed by atoms with E-state index in [1.807, 2.05) is 54.6 Å². The molecule has 0 saturated carbocycles. The van der Waals surface area contributed by atoms with Crippen molar-refractivity contribution >= 4 is 44.2 Å². The topological polar surface area (TPSA) is 99.3 Å². The number of carbonyl (C=O) groups excluding carboxylic acids is 1. The number of hydrogen-bond donors (Lipinski definition) is 1. The lowest BCUT2D eigenvalue weighted by Crippen LogP contribution is -2.21. The normalized spacial score (nSPS) is 10.7. The molecule has 1 N–H and O–H groups in total. The second-order valence-corrected chi connectivity index (χ2v) is 7.53. The van der Waals surface area contributed by atoms with E-state index in [1.54, 1.807) is 4.57 Å². The molecule has 0 aliphatic carbocycles. The second kappa shape index (κ2) is 8.97. The molecule has 156 valence electrons. The van der Waals surface area contributed by atoms with Crippen LogP contribution in [0, 0.1) is 10.1 Å². The van der Waals surface area contributed by atoms with Gasteiger partial charge in [-0.25, -0.2) is 4.98 Å². The van der Waals surface area contributed by atoms with Crippen molar-refractivity contribution in [2.45, 2.75) is 13.2 Å². The Hall–Kier alpha value is -3.72.